The highest BCUT2D eigenvalue weighted by Gasteiger charge is 2.17. The van der Waals surface area contributed by atoms with E-state index in [1.807, 2.05) is 13.0 Å². The summed E-state index contributed by atoms with van der Waals surface area (Å²) in [5.74, 6) is 0.621. The number of rotatable bonds is 6. The van der Waals surface area contributed by atoms with Gasteiger partial charge in [0.2, 0.25) is 0 Å². The molecule has 3 rings (SSSR count). The third-order valence-electron chi connectivity index (χ3n) is 4.28. The predicted molar refractivity (Wildman–Crippen MR) is 109 cm³/mol. The van der Waals surface area contributed by atoms with Crippen molar-refractivity contribution < 1.29 is 23.8 Å². The number of hydrogen-bond donors (Lipinski definition) is 0. The largest absolute Gasteiger partial charge is 0.493 e. The maximum absolute atomic E-state index is 12.6. The lowest BCUT2D eigenvalue weighted by molar-refractivity contribution is 0.0605. The number of methoxy groups -OCH3 is 3. The van der Waals surface area contributed by atoms with Gasteiger partial charge in [0, 0.05) is 17.1 Å². The second-order valence-electron chi connectivity index (χ2n) is 5.94. The Morgan fingerprint density at radius 2 is 1.82 bits per heavy atom. The molecule has 3 aromatic rings. The molecule has 28 heavy (non-hydrogen) atoms. The van der Waals surface area contributed by atoms with Crippen LogP contribution < -0.4 is 9.47 Å². The number of aromatic nitrogens is 1. The van der Waals surface area contributed by atoms with E-state index < -0.39 is 5.97 Å². The fraction of sp³-hybridized carbons (Fsp3) is 0.190. The third kappa shape index (κ3) is 3.75. The summed E-state index contributed by atoms with van der Waals surface area (Å²) in [5, 5.41) is 0.774. The van der Waals surface area contributed by atoms with Crippen LogP contribution in [0.25, 0.3) is 16.3 Å². The van der Waals surface area contributed by atoms with Crippen LogP contribution in [-0.4, -0.2) is 38.1 Å². The Bertz CT molecular complexity index is 1080. The van der Waals surface area contributed by atoms with Crippen molar-refractivity contribution in [1.29, 1.82) is 0 Å². The molecule has 0 aliphatic carbocycles. The molecule has 0 radical (unpaired) electrons. The van der Waals surface area contributed by atoms with Gasteiger partial charge in [-0.05, 0) is 42.3 Å². The summed E-state index contributed by atoms with van der Waals surface area (Å²) in [6, 6.07) is 7.15. The van der Waals surface area contributed by atoms with Crippen LogP contribution in [0.4, 0.5) is 0 Å². The number of fused-ring (bicyclic) bond motifs is 1. The van der Waals surface area contributed by atoms with Crippen molar-refractivity contribution in [2.75, 3.05) is 21.3 Å². The van der Waals surface area contributed by atoms with Crippen LogP contribution in [0.5, 0.6) is 11.5 Å². The van der Waals surface area contributed by atoms with Crippen LogP contribution in [-0.2, 0) is 4.74 Å². The van der Waals surface area contributed by atoms with Crippen molar-refractivity contribution in [3.05, 3.63) is 58.1 Å². The van der Waals surface area contributed by atoms with E-state index in [0.717, 1.165) is 16.5 Å². The zero-order chi connectivity index (χ0) is 20.3. The van der Waals surface area contributed by atoms with Crippen LogP contribution in [0, 0.1) is 6.92 Å². The van der Waals surface area contributed by atoms with Crippen molar-refractivity contribution in [2.45, 2.75) is 6.92 Å². The van der Waals surface area contributed by atoms with Crippen LogP contribution in [0.1, 0.15) is 31.2 Å². The molecular weight excluding hydrogens is 378 g/mol. The highest BCUT2D eigenvalue weighted by atomic mass is 32.1. The summed E-state index contributed by atoms with van der Waals surface area (Å²) in [5.41, 5.74) is 2.01. The molecule has 0 amide bonds. The Balaban J connectivity index is 1.88. The number of esters is 1. The number of ether oxygens (including phenoxy) is 3. The van der Waals surface area contributed by atoms with Gasteiger partial charge in [-0.1, -0.05) is 12.1 Å². The Morgan fingerprint density at radius 1 is 1.07 bits per heavy atom. The maximum Gasteiger partial charge on any atom is 0.348 e. The van der Waals surface area contributed by atoms with Gasteiger partial charge in [-0.15, -0.1) is 11.3 Å². The lowest BCUT2D eigenvalue weighted by Gasteiger charge is -2.07. The van der Waals surface area contributed by atoms with Crippen LogP contribution in [0.15, 0.2) is 36.5 Å². The fourth-order valence-electron chi connectivity index (χ4n) is 2.74. The van der Waals surface area contributed by atoms with E-state index in [2.05, 4.69) is 4.98 Å². The first-order valence-corrected chi connectivity index (χ1v) is 9.22. The second kappa shape index (κ2) is 8.22. The van der Waals surface area contributed by atoms with Gasteiger partial charge < -0.3 is 14.2 Å². The quantitative estimate of drug-likeness (QED) is 0.351. The van der Waals surface area contributed by atoms with Crippen molar-refractivity contribution in [1.82, 2.24) is 4.98 Å². The van der Waals surface area contributed by atoms with E-state index in [0.29, 0.717) is 26.8 Å². The molecule has 0 atom stereocenters. The van der Waals surface area contributed by atoms with Crippen molar-refractivity contribution in [2.24, 2.45) is 0 Å². The van der Waals surface area contributed by atoms with Gasteiger partial charge in [0.05, 0.1) is 21.3 Å². The Kier molecular flexibility index (Phi) is 5.75. The van der Waals surface area contributed by atoms with Crippen LogP contribution in [0.3, 0.4) is 0 Å². The van der Waals surface area contributed by atoms with E-state index in [1.54, 1.807) is 38.5 Å². The van der Waals surface area contributed by atoms with E-state index in [9.17, 15) is 9.59 Å². The first-order valence-electron chi connectivity index (χ1n) is 8.40. The first-order chi connectivity index (χ1) is 13.5. The van der Waals surface area contributed by atoms with E-state index in [4.69, 9.17) is 14.2 Å². The van der Waals surface area contributed by atoms with E-state index in [-0.39, 0.29) is 5.78 Å². The number of carbonyl (C=O) groups excluding carboxylic acids is 2. The molecule has 6 nitrogen and oxygen atoms in total. The average molecular weight is 397 g/mol. The molecule has 7 heteroatoms. The molecule has 0 saturated heterocycles. The van der Waals surface area contributed by atoms with Crippen molar-refractivity contribution in [3.8, 4) is 11.5 Å². The summed E-state index contributed by atoms with van der Waals surface area (Å²) in [4.78, 5) is 29.9. The maximum atomic E-state index is 12.6. The molecule has 0 saturated carbocycles. The number of pyridine rings is 1. The number of aryl methyl sites for hydroxylation is 1. The first kappa shape index (κ1) is 19.6. The van der Waals surface area contributed by atoms with Gasteiger partial charge in [0.1, 0.15) is 9.71 Å². The highest BCUT2D eigenvalue weighted by molar-refractivity contribution is 7.20. The molecule has 0 aliphatic heterocycles. The van der Waals surface area contributed by atoms with Crippen LogP contribution in [0.2, 0.25) is 0 Å². The third-order valence-corrected chi connectivity index (χ3v) is 5.48. The Labute approximate surface area is 166 Å². The number of hydrogen-bond acceptors (Lipinski definition) is 7. The average Bonchev–Trinajstić information content (AvgIpc) is 3.07. The minimum atomic E-state index is -0.401. The zero-order valence-corrected chi connectivity index (χ0v) is 16.8. The zero-order valence-electron chi connectivity index (χ0n) is 15.9. The van der Waals surface area contributed by atoms with Crippen LogP contribution >= 0.6 is 11.3 Å². The fourth-order valence-corrected chi connectivity index (χ4v) is 3.80. The summed E-state index contributed by atoms with van der Waals surface area (Å²) < 4.78 is 15.3. The van der Waals surface area contributed by atoms with Crippen molar-refractivity contribution in [3.63, 3.8) is 0 Å². The number of nitrogens with zero attached hydrogens (tertiary/aromatic N) is 1. The van der Waals surface area contributed by atoms with Crippen molar-refractivity contribution >= 4 is 39.4 Å². The minimum absolute atomic E-state index is 0.186. The smallest absolute Gasteiger partial charge is 0.348 e. The van der Waals surface area contributed by atoms with Gasteiger partial charge in [-0.25, -0.2) is 9.78 Å². The number of thiophene rings is 1. The summed E-state index contributed by atoms with van der Waals surface area (Å²) in [6.45, 7) is 1.82. The van der Waals surface area contributed by atoms with E-state index >= 15 is 0 Å². The molecule has 2 aromatic heterocycles. The monoisotopic (exact) mass is 397 g/mol. The van der Waals surface area contributed by atoms with E-state index in [1.165, 1.54) is 30.7 Å². The molecule has 0 fully saturated rings. The molecule has 1 aromatic carbocycles. The Morgan fingerprint density at radius 3 is 2.50 bits per heavy atom. The molecule has 0 N–H and O–H groups in total. The van der Waals surface area contributed by atoms with Gasteiger partial charge in [-0.3, -0.25) is 4.79 Å². The van der Waals surface area contributed by atoms with Gasteiger partial charge in [-0.2, -0.15) is 0 Å². The topological polar surface area (TPSA) is 74.7 Å². The molecule has 0 unspecified atom stereocenters. The van der Waals surface area contributed by atoms with Gasteiger partial charge >= 0.3 is 5.97 Å². The number of benzene rings is 1. The molecule has 2 heterocycles. The lowest BCUT2D eigenvalue weighted by Crippen LogP contribution is -1.99. The molecule has 144 valence electrons. The molecule has 0 aliphatic rings. The molecule has 0 spiro atoms. The standard InChI is InChI=1S/C21H19NO5S/c1-12-15-10-14(11-22-20(15)28-19(12)21(24)27-4)16(23)7-5-13-6-8-17(25-2)18(9-13)26-3/h5-11H,1-4H3/b7-5+. The minimum Gasteiger partial charge on any atom is -0.493 e. The summed E-state index contributed by atoms with van der Waals surface area (Å²) in [7, 11) is 4.47. The second-order valence-corrected chi connectivity index (χ2v) is 6.94. The predicted octanol–water partition coefficient (Wildman–Crippen LogP) is 4.30. The summed E-state index contributed by atoms with van der Waals surface area (Å²) >= 11 is 1.25. The van der Waals surface area contributed by atoms with Gasteiger partial charge in [0.15, 0.2) is 17.3 Å². The Hall–Kier alpha value is -3.19. The SMILES string of the molecule is COC(=O)c1sc2ncc(C(=O)/C=C/c3ccc(OC)c(OC)c3)cc2c1C. The number of allylic oxidation sites excluding steroid dienone is 1. The lowest BCUT2D eigenvalue weighted by atomic mass is 10.1. The number of carbonyl (C=O) groups is 2. The molecular formula is C21H19NO5S. The van der Waals surface area contributed by atoms with Gasteiger partial charge in [0.25, 0.3) is 0 Å². The highest BCUT2D eigenvalue weighted by Crippen LogP contribution is 2.31. The molecule has 0 bridgehead atoms. The normalized spacial score (nSPS) is 11.0. The number of ketones is 1. The summed E-state index contributed by atoms with van der Waals surface area (Å²) in [6.07, 6.45) is 4.70.